The van der Waals surface area contributed by atoms with Crippen LogP contribution in [-0.2, 0) is 11.8 Å². The topological polar surface area (TPSA) is 41.1 Å². The van der Waals surface area contributed by atoms with Crippen LogP contribution in [0.15, 0.2) is 54.6 Å². The highest BCUT2D eigenvalue weighted by Gasteiger charge is 2.38. The minimum atomic E-state index is -0.128. The van der Waals surface area contributed by atoms with Crippen molar-refractivity contribution in [2.45, 2.75) is 38.0 Å². The fourth-order valence-electron chi connectivity index (χ4n) is 3.21. The molecule has 0 radical (unpaired) electrons. The number of carbonyl (C=O) groups is 1. The predicted molar refractivity (Wildman–Crippen MR) is 94.8 cm³/mol. The standard InChI is InChI=1S/C20H24N2O/c1-2-16-9-11-18(12-10-16)22-19(23)21-15-20(13-6-14-20)17-7-4-3-5-8-17/h3-5,7-12H,2,6,13-15H2,1H3,(H2,21,22,23). The van der Waals surface area contributed by atoms with Crippen LogP contribution < -0.4 is 10.6 Å². The van der Waals surface area contributed by atoms with Crippen molar-refractivity contribution >= 4 is 11.7 Å². The zero-order chi connectivity index (χ0) is 16.1. The molecule has 2 aromatic rings. The van der Waals surface area contributed by atoms with Gasteiger partial charge in [-0.25, -0.2) is 4.79 Å². The van der Waals surface area contributed by atoms with Crippen molar-refractivity contribution in [1.29, 1.82) is 0 Å². The molecule has 120 valence electrons. The van der Waals surface area contributed by atoms with Gasteiger partial charge in [0.1, 0.15) is 0 Å². The Kier molecular flexibility index (Phi) is 4.65. The highest BCUT2D eigenvalue weighted by atomic mass is 16.2. The number of rotatable bonds is 5. The third-order valence-electron chi connectivity index (χ3n) is 4.90. The van der Waals surface area contributed by atoms with Crippen LogP contribution in [0.25, 0.3) is 0 Å². The number of benzene rings is 2. The van der Waals surface area contributed by atoms with E-state index >= 15 is 0 Å². The Morgan fingerprint density at radius 2 is 1.74 bits per heavy atom. The minimum absolute atomic E-state index is 0.116. The first kappa shape index (κ1) is 15.6. The molecule has 3 rings (SSSR count). The number of urea groups is 1. The second-order valence-corrected chi connectivity index (χ2v) is 6.36. The first-order chi connectivity index (χ1) is 11.2. The maximum Gasteiger partial charge on any atom is 0.319 e. The summed E-state index contributed by atoms with van der Waals surface area (Å²) >= 11 is 0. The molecule has 3 nitrogen and oxygen atoms in total. The monoisotopic (exact) mass is 308 g/mol. The Hall–Kier alpha value is -2.29. The van der Waals surface area contributed by atoms with Crippen LogP contribution >= 0.6 is 0 Å². The number of aryl methyl sites for hydroxylation is 1. The maximum absolute atomic E-state index is 12.2. The number of hydrogen-bond donors (Lipinski definition) is 2. The Morgan fingerprint density at radius 1 is 1.04 bits per heavy atom. The first-order valence-corrected chi connectivity index (χ1v) is 8.41. The van der Waals surface area contributed by atoms with Gasteiger partial charge >= 0.3 is 6.03 Å². The van der Waals surface area contributed by atoms with Crippen LogP contribution in [0.3, 0.4) is 0 Å². The molecule has 2 aromatic carbocycles. The molecule has 1 aliphatic carbocycles. The van der Waals surface area contributed by atoms with Crippen molar-refractivity contribution < 1.29 is 4.79 Å². The molecular formula is C20H24N2O. The van der Waals surface area contributed by atoms with Crippen molar-refractivity contribution in [1.82, 2.24) is 5.32 Å². The van der Waals surface area contributed by atoms with Crippen molar-refractivity contribution in [2.24, 2.45) is 0 Å². The van der Waals surface area contributed by atoms with Crippen molar-refractivity contribution in [2.75, 3.05) is 11.9 Å². The molecular weight excluding hydrogens is 284 g/mol. The van der Waals surface area contributed by atoms with Crippen molar-refractivity contribution in [3.05, 3.63) is 65.7 Å². The lowest BCUT2D eigenvalue weighted by molar-refractivity contribution is 0.222. The van der Waals surface area contributed by atoms with E-state index in [-0.39, 0.29) is 11.4 Å². The van der Waals surface area contributed by atoms with Gasteiger partial charge in [-0.15, -0.1) is 0 Å². The first-order valence-electron chi connectivity index (χ1n) is 8.41. The minimum Gasteiger partial charge on any atom is -0.337 e. The van der Waals surface area contributed by atoms with Crippen molar-refractivity contribution in [3.8, 4) is 0 Å². The Morgan fingerprint density at radius 3 is 2.30 bits per heavy atom. The van der Waals surface area contributed by atoms with Gasteiger partial charge in [0.15, 0.2) is 0 Å². The second-order valence-electron chi connectivity index (χ2n) is 6.36. The largest absolute Gasteiger partial charge is 0.337 e. The van der Waals surface area contributed by atoms with E-state index in [4.69, 9.17) is 0 Å². The summed E-state index contributed by atoms with van der Waals surface area (Å²) in [5.41, 5.74) is 3.55. The summed E-state index contributed by atoms with van der Waals surface area (Å²) in [6, 6.07) is 18.4. The molecule has 1 fully saturated rings. The van der Waals surface area contributed by atoms with Crippen LogP contribution in [0.4, 0.5) is 10.5 Å². The molecule has 2 N–H and O–H groups in total. The van der Waals surface area contributed by atoms with Gasteiger partial charge in [-0.1, -0.05) is 55.8 Å². The van der Waals surface area contributed by atoms with Crippen LogP contribution in [0.1, 0.15) is 37.3 Å². The van der Waals surface area contributed by atoms with E-state index < -0.39 is 0 Å². The second kappa shape index (κ2) is 6.86. The lowest BCUT2D eigenvalue weighted by Crippen LogP contribution is -2.46. The summed E-state index contributed by atoms with van der Waals surface area (Å²) in [6.45, 7) is 2.81. The highest BCUT2D eigenvalue weighted by molar-refractivity contribution is 5.89. The van der Waals surface area contributed by atoms with Gasteiger partial charge in [0, 0.05) is 17.6 Å². The van der Waals surface area contributed by atoms with E-state index in [0.717, 1.165) is 24.9 Å². The van der Waals surface area contributed by atoms with Crippen molar-refractivity contribution in [3.63, 3.8) is 0 Å². The fraction of sp³-hybridized carbons (Fsp3) is 0.350. The third-order valence-corrected chi connectivity index (χ3v) is 4.90. The lowest BCUT2D eigenvalue weighted by Gasteiger charge is -2.42. The zero-order valence-corrected chi connectivity index (χ0v) is 13.6. The molecule has 1 saturated carbocycles. The van der Waals surface area contributed by atoms with E-state index in [1.165, 1.54) is 17.5 Å². The number of nitrogens with one attached hydrogen (secondary N) is 2. The summed E-state index contributed by atoms with van der Waals surface area (Å²) in [5, 5.41) is 5.97. The van der Waals surface area contributed by atoms with E-state index in [1.54, 1.807) is 0 Å². The third kappa shape index (κ3) is 3.55. The summed E-state index contributed by atoms with van der Waals surface area (Å²) in [5.74, 6) is 0. The molecule has 0 unspecified atom stereocenters. The quantitative estimate of drug-likeness (QED) is 0.839. The summed E-state index contributed by atoms with van der Waals surface area (Å²) in [6.07, 6.45) is 4.52. The maximum atomic E-state index is 12.2. The molecule has 0 aromatic heterocycles. The number of carbonyl (C=O) groups excluding carboxylic acids is 1. The Bertz CT molecular complexity index is 645. The van der Waals surface area contributed by atoms with E-state index in [2.05, 4.69) is 41.8 Å². The molecule has 0 saturated heterocycles. The molecule has 1 aliphatic rings. The van der Waals surface area contributed by atoms with Gasteiger partial charge in [-0.05, 0) is 42.5 Å². The van der Waals surface area contributed by atoms with Crippen LogP contribution in [0.2, 0.25) is 0 Å². The van der Waals surface area contributed by atoms with E-state index in [1.807, 2.05) is 30.3 Å². The molecule has 23 heavy (non-hydrogen) atoms. The predicted octanol–water partition coefficient (Wildman–Crippen LogP) is 4.49. The average molecular weight is 308 g/mol. The smallest absolute Gasteiger partial charge is 0.319 e. The normalized spacial score (nSPS) is 15.5. The van der Waals surface area contributed by atoms with Gasteiger partial charge in [0.2, 0.25) is 0 Å². The van der Waals surface area contributed by atoms with Crippen LogP contribution in [-0.4, -0.2) is 12.6 Å². The number of amides is 2. The summed E-state index contributed by atoms with van der Waals surface area (Å²) in [7, 11) is 0. The van der Waals surface area contributed by atoms with Crippen LogP contribution in [0, 0.1) is 0 Å². The summed E-state index contributed by atoms with van der Waals surface area (Å²) in [4.78, 5) is 12.2. The van der Waals surface area contributed by atoms with E-state index in [0.29, 0.717) is 6.54 Å². The molecule has 0 spiro atoms. The molecule has 0 bridgehead atoms. The van der Waals surface area contributed by atoms with Gasteiger partial charge in [0.25, 0.3) is 0 Å². The molecule has 0 atom stereocenters. The zero-order valence-electron chi connectivity index (χ0n) is 13.6. The van der Waals surface area contributed by atoms with Gasteiger partial charge < -0.3 is 10.6 Å². The average Bonchev–Trinajstić information content (AvgIpc) is 2.55. The van der Waals surface area contributed by atoms with Gasteiger partial charge in [-0.2, -0.15) is 0 Å². The molecule has 3 heteroatoms. The van der Waals surface area contributed by atoms with Gasteiger partial charge in [0.05, 0.1) is 0 Å². The summed E-state index contributed by atoms with van der Waals surface area (Å²) < 4.78 is 0. The van der Waals surface area contributed by atoms with E-state index in [9.17, 15) is 4.79 Å². The Labute approximate surface area is 138 Å². The number of hydrogen-bond acceptors (Lipinski definition) is 1. The molecule has 0 heterocycles. The SMILES string of the molecule is CCc1ccc(NC(=O)NCC2(c3ccccc3)CCC2)cc1. The number of anilines is 1. The van der Waals surface area contributed by atoms with Crippen LogP contribution in [0.5, 0.6) is 0 Å². The highest BCUT2D eigenvalue weighted by Crippen LogP contribution is 2.43. The molecule has 2 amide bonds. The lowest BCUT2D eigenvalue weighted by atomic mass is 9.64. The van der Waals surface area contributed by atoms with Gasteiger partial charge in [-0.3, -0.25) is 0 Å². The molecule has 0 aliphatic heterocycles. The Balaban J connectivity index is 1.57. The fourth-order valence-corrected chi connectivity index (χ4v) is 3.21.